The van der Waals surface area contributed by atoms with Gasteiger partial charge in [0, 0.05) is 19.0 Å². The van der Waals surface area contributed by atoms with Crippen LogP contribution in [0, 0.1) is 5.92 Å². The van der Waals surface area contributed by atoms with Crippen LogP contribution in [0.3, 0.4) is 0 Å². The average Bonchev–Trinajstić information content (AvgIpc) is 3.06. The summed E-state index contributed by atoms with van der Waals surface area (Å²) in [6.45, 7) is 1.87. The number of carbonyl (C=O) groups is 1. The zero-order valence-electron chi connectivity index (χ0n) is 13.3. The number of nitrogens with zero attached hydrogens (tertiary/aromatic N) is 2. The zero-order valence-corrected chi connectivity index (χ0v) is 14.1. The molecule has 1 aromatic carbocycles. The fourth-order valence-electron chi connectivity index (χ4n) is 3.76. The second-order valence-electron chi connectivity index (χ2n) is 6.56. The molecule has 1 amide bonds. The highest BCUT2D eigenvalue weighted by molar-refractivity contribution is 7.18. The molecule has 2 aromatic rings. The highest BCUT2D eigenvalue weighted by atomic mass is 32.1. The van der Waals surface area contributed by atoms with Crippen molar-refractivity contribution in [2.24, 2.45) is 5.92 Å². The minimum absolute atomic E-state index is 0.0682. The highest BCUT2D eigenvalue weighted by Gasteiger charge is 2.35. The molecule has 23 heavy (non-hydrogen) atoms. The Bertz CT molecular complexity index is 697. The van der Waals surface area contributed by atoms with Gasteiger partial charge in [-0.05, 0) is 44.2 Å². The predicted molar refractivity (Wildman–Crippen MR) is 94.7 cm³/mol. The zero-order chi connectivity index (χ0) is 15.6. The van der Waals surface area contributed by atoms with Gasteiger partial charge in [-0.2, -0.15) is 0 Å². The van der Waals surface area contributed by atoms with Crippen molar-refractivity contribution in [2.75, 3.05) is 13.1 Å². The van der Waals surface area contributed by atoms with E-state index in [4.69, 9.17) is 4.98 Å². The lowest BCUT2D eigenvalue weighted by Gasteiger charge is -2.34. The number of allylic oxidation sites excluding steroid dienone is 2. The van der Waals surface area contributed by atoms with Crippen molar-refractivity contribution < 1.29 is 4.79 Å². The second-order valence-corrected chi connectivity index (χ2v) is 7.62. The molecule has 1 aromatic heterocycles. The van der Waals surface area contributed by atoms with Crippen LogP contribution in [0.15, 0.2) is 36.4 Å². The van der Waals surface area contributed by atoms with Crippen LogP contribution in [0.25, 0.3) is 10.2 Å². The molecule has 120 valence electrons. The van der Waals surface area contributed by atoms with E-state index in [0.29, 0.717) is 5.91 Å². The third-order valence-electron chi connectivity index (χ3n) is 5.04. The van der Waals surface area contributed by atoms with Crippen LogP contribution in [0.1, 0.15) is 43.0 Å². The van der Waals surface area contributed by atoms with Gasteiger partial charge in [-0.1, -0.05) is 24.3 Å². The third-order valence-corrected chi connectivity index (χ3v) is 6.21. The summed E-state index contributed by atoms with van der Waals surface area (Å²) in [7, 11) is 0. The molecule has 4 rings (SSSR count). The molecule has 2 atom stereocenters. The molecular formula is C19H22N2OS. The summed E-state index contributed by atoms with van der Waals surface area (Å²) in [6.07, 6.45) is 9.75. The summed E-state index contributed by atoms with van der Waals surface area (Å²) >= 11 is 1.76. The second kappa shape index (κ2) is 6.44. The van der Waals surface area contributed by atoms with Crippen molar-refractivity contribution in [1.29, 1.82) is 0 Å². The lowest BCUT2D eigenvalue weighted by molar-refractivity contribution is -0.137. The molecule has 3 nitrogen and oxygen atoms in total. The lowest BCUT2D eigenvalue weighted by Crippen LogP contribution is -2.41. The van der Waals surface area contributed by atoms with Crippen LogP contribution >= 0.6 is 11.3 Å². The van der Waals surface area contributed by atoms with Crippen molar-refractivity contribution in [3.63, 3.8) is 0 Å². The van der Waals surface area contributed by atoms with E-state index in [2.05, 4.69) is 35.3 Å². The van der Waals surface area contributed by atoms with Gasteiger partial charge < -0.3 is 4.90 Å². The minimum Gasteiger partial charge on any atom is -0.342 e. The quantitative estimate of drug-likeness (QED) is 0.768. The smallest absolute Gasteiger partial charge is 0.226 e. The number of hydrogen-bond donors (Lipinski definition) is 0. The van der Waals surface area contributed by atoms with Crippen molar-refractivity contribution >= 4 is 27.5 Å². The van der Waals surface area contributed by atoms with Crippen LogP contribution in [-0.4, -0.2) is 28.9 Å². The van der Waals surface area contributed by atoms with Gasteiger partial charge in [0.15, 0.2) is 0 Å². The number of para-hydroxylation sites is 1. The first-order chi connectivity index (χ1) is 11.3. The van der Waals surface area contributed by atoms with E-state index in [1.54, 1.807) is 11.3 Å². The monoisotopic (exact) mass is 326 g/mol. The molecule has 1 aliphatic heterocycles. The SMILES string of the molecule is O=C(C1CC=CCC1c1nc2ccccc2s1)N1CCCCC1. The summed E-state index contributed by atoms with van der Waals surface area (Å²) in [5.41, 5.74) is 1.06. The predicted octanol–water partition coefficient (Wildman–Crippen LogP) is 4.36. The Morgan fingerprint density at radius 2 is 1.87 bits per heavy atom. The van der Waals surface area contributed by atoms with Crippen LogP contribution in [0.5, 0.6) is 0 Å². The van der Waals surface area contributed by atoms with E-state index in [1.165, 1.54) is 11.1 Å². The Morgan fingerprint density at radius 3 is 2.70 bits per heavy atom. The van der Waals surface area contributed by atoms with E-state index in [0.717, 1.165) is 49.3 Å². The Morgan fingerprint density at radius 1 is 1.09 bits per heavy atom. The van der Waals surface area contributed by atoms with E-state index in [1.807, 2.05) is 6.07 Å². The summed E-state index contributed by atoms with van der Waals surface area (Å²) in [4.78, 5) is 19.9. The molecular weight excluding hydrogens is 304 g/mol. The molecule has 1 fully saturated rings. The number of fused-ring (bicyclic) bond motifs is 1. The van der Waals surface area contributed by atoms with Gasteiger partial charge in [-0.3, -0.25) is 4.79 Å². The number of hydrogen-bond acceptors (Lipinski definition) is 3. The normalized spacial score (nSPS) is 25.0. The maximum atomic E-state index is 13.0. The van der Waals surface area contributed by atoms with Gasteiger partial charge in [0.2, 0.25) is 5.91 Å². The summed E-state index contributed by atoms with van der Waals surface area (Å²) in [6, 6.07) is 8.27. The minimum atomic E-state index is 0.0682. The molecule has 2 heterocycles. The van der Waals surface area contributed by atoms with E-state index in [9.17, 15) is 4.79 Å². The van der Waals surface area contributed by atoms with Gasteiger partial charge in [-0.15, -0.1) is 11.3 Å². The molecule has 0 radical (unpaired) electrons. The molecule has 4 heteroatoms. The standard InChI is InChI=1S/C19H22N2OS/c22-19(21-12-6-1-7-13-21)15-9-3-2-8-14(15)18-20-16-10-4-5-11-17(16)23-18/h2-5,10-11,14-15H,1,6-9,12-13H2. The fourth-order valence-corrected chi connectivity index (χ4v) is 4.90. The molecule has 1 aliphatic carbocycles. The van der Waals surface area contributed by atoms with Gasteiger partial charge in [0.05, 0.1) is 21.1 Å². The number of rotatable bonds is 2. The lowest BCUT2D eigenvalue weighted by atomic mass is 9.82. The van der Waals surface area contributed by atoms with E-state index in [-0.39, 0.29) is 11.8 Å². The third kappa shape index (κ3) is 2.92. The first-order valence-electron chi connectivity index (χ1n) is 8.62. The van der Waals surface area contributed by atoms with Crippen LogP contribution in [-0.2, 0) is 4.79 Å². The van der Waals surface area contributed by atoms with Crippen molar-refractivity contribution in [3.05, 3.63) is 41.4 Å². The first-order valence-corrected chi connectivity index (χ1v) is 9.44. The molecule has 0 spiro atoms. The summed E-state index contributed by atoms with van der Waals surface area (Å²) < 4.78 is 1.22. The molecule has 0 N–H and O–H groups in total. The van der Waals surface area contributed by atoms with Gasteiger partial charge in [0.1, 0.15) is 0 Å². The number of amides is 1. The Hall–Kier alpha value is -1.68. The molecule has 2 unspecified atom stereocenters. The Labute approximate surface area is 141 Å². The maximum absolute atomic E-state index is 13.0. The Balaban J connectivity index is 1.62. The van der Waals surface area contributed by atoms with E-state index >= 15 is 0 Å². The molecule has 0 saturated carbocycles. The number of likely N-dealkylation sites (tertiary alicyclic amines) is 1. The number of carbonyl (C=O) groups excluding carboxylic acids is 1. The van der Waals surface area contributed by atoms with Gasteiger partial charge in [-0.25, -0.2) is 4.98 Å². The maximum Gasteiger partial charge on any atom is 0.226 e. The fraction of sp³-hybridized carbons (Fsp3) is 0.474. The molecule has 1 saturated heterocycles. The number of aromatic nitrogens is 1. The van der Waals surface area contributed by atoms with E-state index < -0.39 is 0 Å². The van der Waals surface area contributed by atoms with Crippen LogP contribution in [0.2, 0.25) is 0 Å². The van der Waals surface area contributed by atoms with Crippen LogP contribution < -0.4 is 0 Å². The number of piperidine rings is 1. The van der Waals surface area contributed by atoms with Crippen molar-refractivity contribution in [3.8, 4) is 0 Å². The largest absolute Gasteiger partial charge is 0.342 e. The average molecular weight is 326 g/mol. The number of thiazole rings is 1. The summed E-state index contributed by atoms with van der Waals surface area (Å²) in [5, 5.41) is 1.13. The van der Waals surface area contributed by atoms with Crippen molar-refractivity contribution in [1.82, 2.24) is 9.88 Å². The first kappa shape index (κ1) is 14.9. The highest BCUT2D eigenvalue weighted by Crippen LogP contribution is 2.39. The van der Waals surface area contributed by atoms with Crippen LogP contribution in [0.4, 0.5) is 0 Å². The summed E-state index contributed by atoms with van der Waals surface area (Å²) in [5.74, 6) is 0.656. The molecule has 2 aliphatic rings. The number of benzene rings is 1. The van der Waals surface area contributed by atoms with Crippen molar-refractivity contribution in [2.45, 2.75) is 38.0 Å². The van der Waals surface area contributed by atoms with Gasteiger partial charge >= 0.3 is 0 Å². The topological polar surface area (TPSA) is 33.2 Å². The molecule has 0 bridgehead atoms. The Kier molecular flexibility index (Phi) is 4.17. The van der Waals surface area contributed by atoms with Gasteiger partial charge in [0.25, 0.3) is 0 Å².